The largest absolute Gasteiger partial charge is 0.340 e. The minimum Gasteiger partial charge on any atom is -0.340 e. The van der Waals surface area contributed by atoms with Crippen LogP contribution in [0.2, 0.25) is 5.02 Å². The average molecular weight is 379 g/mol. The number of nitrogens with one attached hydrogen (secondary N) is 1. The maximum absolute atomic E-state index is 13.2. The number of aromatic nitrogens is 2. The van der Waals surface area contributed by atoms with Gasteiger partial charge in [0, 0.05) is 29.0 Å². The number of nitrogens with zero attached hydrogens (tertiary/aromatic N) is 3. The molecule has 6 heteroatoms. The van der Waals surface area contributed by atoms with Crippen LogP contribution < -0.4 is 10.2 Å². The van der Waals surface area contributed by atoms with Crippen LogP contribution in [0.3, 0.4) is 0 Å². The third-order valence-corrected chi connectivity index (χ3v) is 4.74. The van der Waals surface area contributed by atoms with Gasteiger partial charge in [0.25, 0.3) is 5.91 Å². The topological polar surface area (TPSA) is 58.1 Å². The molecule has 0 saturated heterocycles. The maximum atomic E-state index is 13.2. The van der Waals surface area contributed by atoms with Gasteiger partial charge in [0.05, 0.1) is 0 Å². The highest BCUT2D eigenvalue weighted by molar-refractivity contribution is 6.30. The van der Waals surface area contributed by atoms with E-state index in [0.717, 1.165) is 24.2 Å². The zero-order chi connectivity index (χ0) is 18.8. The van der Waals surface area contributed by atoms with Crippen LogP contribution in [0.1, 0.15) is 28.3 Å². The molecule has 0 fully saturated rings. The standard InChI is InChI=1S/C21H19ClN4O/c1-14-23-18(13-20(24-14)25-17-9-4-8-16(22)12-17)21(27)26-11-5-7-15-6-2-3-10-19(15)26/h2-4,6,8-10,12-13H,5,7,11H2,1H3,(H,23,24,25). The number of fused-ring (bicyclic) bond motifs is 1. The molecule has 0 aliphatic carbocycles. The summed E-state index contributed by atoms with van der Waals surface area (Å²) < 4.78 is 0. The predicted molar refractivity (Wildman–Crippen MR) is 108 cm³/mol. The van der Waals surface area contributed by atoms with Crippen molar-refractivity contribution in [3.63, 3.8) is 0 Å². The van der Waals surface area contributed by atoms with E-state index in [4.69, 9.17) is 11.6 Å². The Kier molecular flexibility index (Phi) is 4.77. The highest BCUT2D eigenvalue weighted by atomic mass is 35.5. The number of hydrogen-bond donors (Lipinski definition) is 1. The van der Waals surface area contributed by atoms with E-state index < -0.39 is 0 Å². The van der Waals surface area contributed by atoms with Crippen molar-refractivity contribution in [1.82, 2.24) is 9.97 Å². The van der Waals surface area contributed by atoms with Gasteiger partial charge in [0.15, 0.2) is 0 Å². The lowest BCUT2D eigenvalue weighted by atomic mass is 10.0. The fraction of sp³-hybridized carbons (Fsp3) is 0.190. The van der Waals surface area contributed by atoms with E-state index in [1.54, 1.807) is 25.1 Å². The summed E-state index contributed by atoms with van der Waals surface area (Å²) in [5, 5.41) is 3.83. The number of aryl methyl sites for hydroxylation is 2. The van der Waals surface area contributed by atoms with Crippen LogP contribution in [0.5, 0.6) is 0 Å². The second-order valence-corrected chi connectivity index (χ2v) is 6.95. The van der Waals surface area contributed by atoms with Crippen molar-refractivity contribution in [2.75, 3.05) is 16.8 Å². The lowest BCUT2D eigenvalue weighted by molar-refractivity contribution is 0.0980. The van der Waals surface area contributed by atoms with Gasteiger partial charge in [0.1, 0.15) is 17.3 Å². The third-order valence-electron chi connectivity index (χ3n) is 4.51. The van der Waals surface area contributed by atoms with E-state index in [1.165, 1.54) is 5.56 Å². The Balaban J connectivity index is 1.64. The third kappa shape index (κ3) is 3.78. The molecule has 3 aromatic rings. The first-order chi connectivity index (χ1) is 13.1. The van der Waals surface area contributed by atoms with Gasteiger partial charge in [-0.2, -0.15) is 0 Å². The van der Waals surface area contributed by atoms with Gasteiger partial charge in [-0.05, 0) is 49.6 Å². The summed E-state index contributed by atoms with van der Waals surface area (Å²) in [5.41, 5.74) is 3.35. The summed E-state index contributed by atoms with van der Waals surface area (Å²) in [6, 6.07) is 17.1. The number of halogens is 1. The van der Waals surface area contributed by atoms with E-state index in [-0.39, 0.29) is 5.91 Å². The molecule has 1 N–H and O–H groups in total. The zero-order valence-corrected chi connectivity index (χ0v) is 15.7. The number of anilines is 3. The minimum absolute atomic E-state index is 0.109. The SMILES string of the molecule is Cc1nc(Nc2cccc(Cl)c2)cc(C(=O)N2CCCc3ccccc32)n1. The molecule has 5 nitrogen and oxygen atoms in total. The van der Waals surface area contributed by atoms with Crippen LogP contribution in [-0.2, 0) is 6.42 Å². The van der Waals surface area contributed by atoms with Gasteiger partial charge in [-0.3, -0.25) is 4.79 Å². The van der Waals surface area contributed by atoms with E-state index >= 15 is 0 Å². The lowest BCUT2D eigenvalue weighted by Crippen LogP contribution is -2.36. The number of rotatable bonds is 3. The summed E-state index contributed by atoms with van der Waals surface area (Å²) in [6.07, 6.45) is 1.94. The van der Waals surface area contributed by atoms with Gasteiger partial charge >= 0.3 is 0 Å². The Morgan fingerprint density at radius 2 is 1.96 bits per heavy atom. The molecule has 1 amide bonds. The molecule has 1 aromatic heterocycles. The van der Waals surface area contributed by atoms with Crippen molar-refractivity contribution < 1.29 is 4.79 Å². The minimum atomic E-state index is -0.109. The first-order valence-corrected chi connectivity index (χ1v) is 9.26. The van der Waals surface area contributed by atoms with E-state index in [1.807, 2.05) is 35.2 Å². The Hall–Kier alpha value is -2.92. The number of para-hydroxylation sites is 1. The van der Waals surface area contributed by atoms with Gasteiger partial charge in [-0.25, -0.2) is 9.97 Å². The fourth-order valence-corrected chi connectivity index (χ4v) is 3.53. The molecule has 0 atom stereocenters. The van der Waals surface area contributed by atoms with Crippen molar-refractivity contribution in [2.45, 2.75) is 19.8 Å². The van der Waals surface area contributed by atoms with Crippen LogP contribution in [0.25, 0.3) is 0 Å². The molecule has 27 heavy (non-hydrogen) atoms. The molecular weight excluding hydrogens is 360 g/mol. The first kappa shape index (κ1) is 17.5. The summed E-state index contributed by atoms with van der Waals surface area (Å²) in [6.45, 7) is 2.47. The molecule has 0 spiro atoms. The van der Waals surface area contributed by atoms with Crippen LogP contribution in [-0.4, -0.2) is 22.4 Å². The van der Waals surface area contributed by atoms with Crippen LogP contribution in [0.4, 0.5) is 17.2 Å². The van der Waals surface area contributed by atoms with Crippen molar-refractivity contribution in [1.29, 1.82) is 0 Å². The van der Waals surface area contributed by atoms with Gasteiger partial charge < -0.3 is 10.2 Å². The average Bonchev–Trinajstić information content (AvgIpc) is 2.66. The fourth-order valence-electron chi connectivity index (χ4n) is 3.34. The summed E-state index contributed by atoms with van der Waals surface area (Å²) in [4.78, 5) is 23.7. The monoisotopic (exact) mass is 378 g/mol. The van der Waals surface area contributed by atoms with Crippen LogP contribution in [0, 0.1) is 6.92 Å². The first-order valence-electron chi connectivity index (χ1n) is 8.88. The molecule has 0 radical (unpaired) electrons. The molecule has 0 bridgehead atoms. The number of hydrogen-bond acceptors (Lipinski definition) is 4. The zero-order valence-electron chi connectivity index (χ0n) is 14.9. The second-order valence-electron chi connectivity index (χ2n) is 6.51. The normalized spacial score (nSPS) is 13.2. The second kappa shape index (κ2) is 7.37. The summed E-state index contributed by atoms with van der Waals surface area (Å²) >= 11 is 6.04. The maximum Gasteiger partial charge on any atom is 0.277 e. The highest BCUT2D eigenvalue weighted by Gasteiger charge is 2.24. The number of carbonyl (C=O) groups excluding carboxylic acids is 1. The molecule has 4 rings (SSSR count). The van der Waals surface area contributed by atoms with Gasteiger partial charge in [-0.1, -0.05) is 35.9 Å². The molecule has 1 aliphatic heterocycles. The number of carbonyl (C=O) groups is 1. The smallest absolute Gasteiger partial charge is 0.277 e. The Labute approximate surface area is 163 Å². The molecule has 0 saturated carbocycles. The molecule has 2 heterocycles. The van der Waals surface area contributed by atoms with Crippen LogP contribution >= 0.6 is 11.6 Å². The summed E-state index contributed by atoms with van der Waals surface area (Å²) in [5.74, 6) is 0.996. The Morgan fingerprint density at radius 1 is 1.11 bits per heavy atom. The number of benzene rings is 2. The quantitative estimate of drug-likeness (QED) is 0.712. The van der Waals surface area contributed by atoms with Gasteiger partial charge in [0.2, 0.25) is 0 Å². The van der Waals surface area contributed by atoms with Gasteiger partial charge in [-0.15, -0.1) is 0 Å². The Morgan fingerprint density at radius 3 is 2.81 bits per heavy atom. The number of amides is 1. The highest BCUT2D eigenvalue weighted by Crippen LogP contribution is 2.28. The molecule has 136 valence electrons. The Bertz CT molecular complexity index is 1000. The van der Waals surface area contributed by atoms with Crippen LogP contribution in [0.15, 0.2) is 54.6 Å². The van der Waals surface area contributed by atoms with E-state index in [0.29, 0.717) is 28.9 Å². The summed E-state index contributed by atoms with van der Waals surface area (Å²) in [7, 11) is 0. The predicted octanol–water partition coefficient (Wildman–Crippen LogP) is 4.78. The van der Waals surface area contributed by atoms with Crippen molar-refractivity contribution in [3.05, 3.63) is 76.7 Å². The lowest BCUT2D eigenvalue weighted by Gasteiger charge is -2.29. The molecule has 0 unspecified atom stereocenters. The molecule has 1 aliphatic rings. The molecular formula is C21H19ClN4O. The van der Waals surface area contributed by atoms with Crippen molar-refractivity contribution in [2.24, 2.45) is 0 Å². The molecule has 2 aromatic carbocycles. The van der Waals surface area contributed by atoms with Crippen molar-refractivity contribution >= 4 is 34.7 Å². The van der Waals surface area contributed by atoms with E-state index in [9.17, 15) is 4.79 Å². The van der Waals surface area contributed by atoms with Crippen molar-refractivity contribution in [3.8, 4) is 0 Å². The van der Waals surface area contributed by atoms with E-state index in [2.05, 4.69) is 21.4 Å².